The van der Waals surface area contributed by atoms with Gasteiger partial charge in [-0.05, 0) is 44.9 Å². The van der Waals surface area contributed by atoms with Gasteiger partial charge in [-0.3, -0.25) is 0 Å². The van der Waals surface area contributed by atoms with Crippen LogP contribution in [0, 0.1) is 13.8 Å². The van der Waals surface area contributed by atoms with Crippen LogP contribution in [0.3, 0.4) is 0 Å². The summed E-state index contributed by atoms with van der Waals surface area (Å²) in [7, 11) is 0. The van der Waals surface area contributed by atoms with E-state index in [4.69, 9.17) is 5.73 Å². The van der Waals surface area contributed by atoms with Crippen LogP contribution in [0.25, 0.3) is 0 Å². The zero-order valence-corrected chi connectivity index (χ0v) is 9.46. The van der Waals surface area contributed by atoms with Crippen molar-refractivity contribution in [2.24, 2.45) is 5.73 Å². The molecular formula is C12H20N2. The highest BCUT2D eigenvalue weighted by molar-refractivity contribution is 5.54. The molecule has 0 bridgehead atoms. The normalized spacial score (nSPS) is 14.9. The third kappa shape index (κ3) is 2.48. The molecule has 0 saturated carbocycles. The number of nitrogens with one attached hydrogen (secondary N) is 1. The highest BCUT2D eigenvalue weighted by Crippen LogP contribution is 2.18. The van der Waals surface area contributed by atoms with Gasteiger partial charge in [0.2, 0.25) is 0 Å². The van der Waals surface area contributed by atoms with Crippen LogP contribution in [0.4, 0.5) is 5.69 Å². The lowest BCUT2D eigenvalue weighted by Gasteiger charge is -2.20. The van der Waals surface area contributed by atoms with Gasteiger partial charge >= 0.3 is 0 Å². The van der Waals surface area contributed by atoms with E-state index in [-0.39, 0.29) is 6.04 Å². The summed E-state index contributed by atoms with van der Waals surface area (Å²) in [5, 5.41) is 3.43. The Hall–Kier alpha value is -1.02. The first-order chi connectivity index (χ1) is 6.52. The Balaban J connectivity index is 2.82. The van der Waals surface area contributed by atoms with Crippen molar-refractivity contribution in [3.05, 3.63) is 29.3 Å². The first-order valence-corrected chi connectivity index (χ1v) is 5.10. The van der Waals surface area contributed by atoms with Crippen LogP contribution in [-0.2, 0) is 0 Å². The van der Waals surface area contributed by atoms with Gasteiger partial charge in [0.15, 0.2) is 0 Å². The van der Waals surface area contributed by atoms with Crippen molar-refractivity contribution < 1.29 is 0 Å². The fourth-order valence-corrected chi connectivity index (χ4v) is 1.28. The van der Waals surface area contributed by atoms with Crippen LogP contribution < -0.4 is 11.1 Å². The maximum absolute atomic E-state index is 5.81. The van der Waals surface area contributed by atoms with E-state index < -0.39 is 0 Å². The molecule has 1 rings (SSSR count). The third-order valence-corrected chi connectivity index (χ3v) is 2.78. The summed E-state index contributed by atoms with van der Waals surface area (Å²) >= 11 is 0. The molecule has 2 heteroatoms. The second kappa shape index (κ2) is 4.47. The summed E-state index contributed by atoms with van der Waals surface area (Å²) in [6.45, 7) is 8.37. The summed E-state index contributed by atoms with van der Waals surface area (Å²) in [5.41, 5.74) is 9.62. The molecule has 0 aliphatic heterocycles. The number of benzene rings is 1. The summed E-state index contributed by atoms with van der Waals surface area (Å²) in [5.74, 6) is 0. The number of aryl methyl sites for hydroxylation is 1. The highest BCUT2D eigenvalue weighted by atomic mass is 14.9. The van der Waals surface area contributed by atoms with Gasteiger partial charge in [0.1, 0.15) is 0 Å². The first kappa shape index (κ1) is 11.1. The van der Waals surface area contributed by atoms with Crippen molar-refractivity contribution in [1.29, 1.82) is 0 Å². The quantitative estimate of drug-likeness (QED) is 0.772. The first-order valence-electron chi connectivity index (χ1n) is 5.10. The topological polar surface area (TPSA) is 38.0 Å². The monoisotopic (exact) mass is 192 g/mol. The van der Waals surface area contributed by atoms with Crippen molar-refractivity contribution >= 4 is 5.69 Å². The van der Waals surface area contributed by atoms with Crippen LogP contribution in [0.2, 0.25) is 0 Å². The molecule has 0 saturated heterocycles. The van der Waals surface area contributed by atoms with Gasteiger partial charge in [-0.2, -0.15) is 0 Å². The Morgan fingerprint density at radius 2 is 1.86 bits per heavy atom. The van der Waals surface area contributed by atoms with E-state index in [0.717, 1.165) is 0 Å². The zero-order chi connectivity index (χ0) is 10.7. The number of nitrogens with two attached hydrogens (primary N) is 1. The maximum Gasteiger partial charge on any atom is 0.0381 e. The lowest BCUT2D eigenvalue weighted by Crippen LogP contribution is -2.35. The molecule has 0 spiro atoms. The van der Waals surface area contributed by atoms with Gasteiger partial charge in [0.25, 0.3) is 0 Å². The second-order valence-corrected chi connectivity index (χ2v) is 4.04. The fourth-order valence-electron chi connectivity index (χ4n) is 1.28. The lowest BCUT2D eigenvalue weighted by molar-refractivity contribution is 0.638. The van der Waals surface area contributed by atoms with E-state index in [1.807, 2.05) is 6.92 Å². The summed E-state index contributed by atoms with van der Waals surface area (Å²) in [6, 6.07) is 6.75. The zero-order valence-electron chi connectivity index (χ0n) is 9.46. The van der Waals surface area contributed by atoms with E-state index >= 15 is 0 Å². The molecule has 0 radical (unpaired) electrons. The number of hydrogen-bond donors (Lipinski definition) is 2. The third-order valence-electron chi connectivity index (χ3n) is 2.78. The number of rotatable bonds is 3. The minimum Gasteiger partial charge on any atom is -0.381 e. The van der Waals surface area contributed by atoms with E-state index in [2.05, 4.69) is 44.3 Å². The average molecular weight is 192 g/mol. The Bertz CT molecular complexity index is 305. The molecule has 0 aliphatic carbocycles. The Kier molecular flexibility index (Phi) is 3.53. The van der Waals surface area contributed by atoms with Crippen LogP contribution in [0.15, 0.2) is 18.2 Å². The van der Waals surface area contributed by atoms with Gasteiger partial charge in [0.05, 0.1) is 0 Å². The Morgan fingerprint density at radius 1 is 1.21 bits per heavy atom. The molecule has 0 aromatic heterocycles. The highest BCUT2D eigenvalue weighted by Gasteiger charge is 2.08. The molecule has 1 aromatic rings. The largest absolute Gasteiger partial charge is 0.381 e. The van der Waals surface area contributed by atoms with E-state index in [9.17, 15) is 0 Å². The maximum atomic E-state index is 5.81. The molecule has 1 aromatic carbocycles. The molecule has 3 N–H and O–H groups in total. The lowest BCUT2D eigenvalue weighted by atomic mass is 10.1. The van der Waals surface area contributed by atoms with Crippen LogP contribution in [0.5, 0.6) is 0 Å². The van der Waals surface area contributed by atoms with Crippen molar-refractivity contribution in [2.75, 3.05) is 5.32 Å². The summed E-state index contributed by atoms with van der Waals surface area (Å²) in [6.07, 6.45) is 0. The average Bonchev–Trinajstić information content (AvgIpc) is 2.12. The summed E-state index contributed by atoms with van der Waals surface area (Å²) in [4.78, 5) is 0. The standard InChI is InChI=1S/C12H20N2/c1-8-6-5-7-12(9(8)2)14-11(4)10(3)13/h5-7,10-11,14H,13H2,1-4H3. The molecule has 0 aliphatic rings. The molecule has 0 amide bonds. The molecule has 2 nitrogen and oxygen atoms in total. The molecule has 2 unspecified atom stereocenters. The van der Waals surface area contributed by atoms with Crippen LogP contribution >= 0.6 is 0 Å². The van der Waals surface area contributed by atoms with Gasteiger partial charge in [-0.1, -0.05) is 12.1 Å². The Labute approximate surface area is 86.5 Å². The predicted octanol–water partition coefficient (Wildman–Crippen LogP) is 2.45. The predicted molar refractivity (Wildman–Crippen MR) is 62.7 cm³/mol. The molecule has 0 fully saturated rings. The van der Waals surface area contributed by atoms with Gasteiger partial charge < -0.3 is 11.1 Å². The van der Waals surface area contributed by atoms with Crippen LogP contribution in [-0.4, -0.2) is 12.1 Å². The SMILES string of the molecule is Cc1cccc(NC(C)C(C)N)c1C. The number of hydrogen-bond acceptors (Lipinski definition) is 2. The van der Waals surface area contributed by atoms with E-state index in [0.29, 0.717) is 6.04 Å². The molecule has 14 heavy (non-hydrogen) atoms. The molecule has 0 heterocycles. The second-order valence-electron chi connectivity index (χ2n) is 4.04. The van der Waals surface area contributed by atoms with E-state index in [1.165, 1.54) is 16.8 Å². The molecular weight excluding hydrogens is 172 g/mol. The minimum absolute atomic E-state index is 0.162. The van der Waals surface area contributed by atoms with Crippen LogP contribution in [0.1, 0.15) is 25.0 Å². The van der Waals surface area contributed by atoms with Crippen molar-refractivity contribution in [3.8, 4) is 0 Å². The Morgan fingerprint density at radius 3 is 2.43 bits per heavy atom. The van der Waals surface area contributed by atoms with Gasteiger partial charge in [-0.15, -0.1) is 0 Å². The number of anilines is 1. The smallest absolute Gasteiger partial charge is 0.0381 e. The van der Waals surface area contributed by atoms with Crippen molar-refractivity contribution in [3.63, 3.8) is 0 Å². The minimum atomic E-state index is 0.162. The van der Waals surface area contributed by atoms with Gasteiger partial charge in [0, 0.05) is 17.8 Å². The molecule has 2 atom stereocenters. The molecule has 78 valence electrons. The fraction of sp³-hybridized carbons (Fsp3) is 0.500. The summed E-state index contributed by atoms with van der Waals surface area (Å²) < 4.78 is 0. The van der Waals surface area contributed by atoms with E-state index in [1.54, 1.807) is 0 Å². The van der Waals surface area contributed by atoms with Gasteiger partial charge in [-0.25, -0.2) is 0 Å². The van der Waals surface area contributed by atoms with Crippen molar-refractivity contribution in [2.45, 2.75) is 39.8 Å². The van der Waals surface area contributed by atoms with Crippen molar-refractivity contribution in [1.82, 2.24) is 0 Å².